The van der Waals surface area contributed by atoms with Gasteiger partial charge in [0.25, 0.3) is 5.91 Å². The largest absolute Gasteiger partial charge is 0.488 e. The Bertz CT molecular complexity index is 1380. The fraction of sp³-hybridized carbons (Fsp3) is 0.0870. The van der Waals surface area contributed by atoms with Crippen molar-refractivity contribution in [2.75, 3.05) is 0 Å². The number of rotatable bonds is 3. The first kappa shape index (κ1) is 20.0. The van der Waals surface area contributed by atoms with Crippen LogP contribution in [0, 0.1) is 6.92 Å². The highest BCUT2D eigenvalue weighted by molar-refractivity contribution is 7.17. The zero-order valence-corrected chi connectivity index (χ0v) is 18.6. The number of nitrogens with zero attached hydrogens (tertiary/aromatic N) is 2. The first-order valence-corrected chi connectivity index (χ1v) is 11.0. The molecule has 1 aliphatic heterocycles. The maximum Gasteiger partial charge on any atom is 0.281 e. The van der Waals surface area contributed by atoms with Gasteiger partial charge in [-0.05, 0) is 49.4 Å². The number of halogens is 2. The van der Waals surface area contributed by atoms with E-state index in [4.69, 9.17) is 27.9 Å². The lowest BCUT2D eigenvalue weighted by Gasteiger charge is -2.17. The van der Waals surface area contributed by atoms with E-state index in [1.54, 1.807) is 6.07 Å². The second-order valence-corrected chi connectivity index (χ2v) is 9.00. The van der Waals surface area contributed by atoms with Crippen molar-refractivity contribution < 1.29 is 9.53 Å². The molecular formula is C23H15Cl2N3O2S. The van der Waals surface area contributed by atoms with Crippen molar-refractivity contribution in [3.63, 3.8) is 0 Å². The SMILES string of the molecule is Cc1ccc2nc(Cl)c(/C=N/NC(=O)c3cc4c(s3)-c3cc(Cl)ccc3OC4)cc2c1. The van der Waals surface area contributed by atoms with Crippen molar-refractivity contribution >= 4 is 57.6 Å². The average Bonchev–Trinajstić information content (AvgIpc) is 3.19. The Morgan fingerprint density at radius 2 is 2.06 bits per heavy atom. The van der Waals surface area contributed by atoms with Gasteiger partial charge in [0.2, 0.25) is 0 Å². The van der Waals surface area contributed by atoms with E-state index in [1.807, 2.05) is 49.4 Å². The van der Waals surface area contributed by atoms with E-state index < -0.39 is 0 Å². The molecule has 0 aliphatic carbocycles. The molecule has 4 aromatic rings. The second kappa shape index (κ2) is 7.96. The zero-order valence-electron chi connectivity index (χ0n) is 16.3. The van der Waals surface area contributed by atoms with Gasteiger partial charge >= 0.3 is 0 Å². The molecule has 1 aliphatic rings. The third-order valence-electron chi connectivity index (χ3n) is 4.92. The number of hydrogen-bond donors (Lipinski definition) is 1. The number of amides is 1. The van der Waals surface area contributed by atoms with Gasteiger partial charge in [-0.2, -0.15) is 5.10 Å². The number of aromatic nitrogens is 1. The summed E-state index contributed by atoms with van der Waals surface area (Å²) in [4.78, 5) is 18.5. The summed E-state index contributed by atoms with van der Waals surface area (Å²) in [7, 11) is 0. The zero-order chi connectivity index (χ0) is 21.5. The molecule has 0 unspecified atom stereocenters. The highest BCUT2D eigenvalue weighted by atomic mass is 35.5. The number of ether oxygens (including phenoxy) is 1. The summed E-state index contributed by atoms with van der Waals surface area (Å²) < 4.78 is 5.76. The van der Waals surface area contributed by atoms with Crippen LogP contribution in [-0.4, -0.2) is 17.1 Å². The smallest absolute Gasteiger partial charge is 0.281 e. The van der Waals surface area contributed by atoms with Gasteiger partial charge < -0.3 is 4.74 Å². The van der Waals surface area contributed by atoms with Crippen molar-refractivity contribution in [1.82, 2.24) is 10.4 Å². The second-order valence-electron chi connectivity index (χ2n) is 7.16. The third-order valence-corrected chi connectivity index (χ3v) is 6.67. The lowest BCUT2D eigenvalue weighted by molar-refractivity contribution is 0.0959. The summed E-state index contributed by atoms with van der Waals surface area (Å²) in [6.45, 7) is 2.43. The summed E-state index contributed by atoms with van der Waals surface area (Å²) in [5.41, 5.74) is 6.97. The number of aryl methyl sites for hydroxylation is 1. The minimum Gasteiger partial charge on any atom is -0.488 e. The molecule has 1 amide bonds. The fourth-order valence-corrected chi connectivity index (χ4v) is 4.88. The lowest BCUT2D eigenvalue weighted by atomic mass is 10.1. The first-order valence-electron chi connectivity index (χ1n) is 9.44. The van der Waals surface area contributed by atoms with E-state index in [0.29, 0.717) is 27.2 Å². The number of carbonyl (C=O) groups is 1. The van der Waals surface area contributed by atoms with Gasteiger partial charge in [-0.1, -0.05) is 34.8 Å². The number of hydrazone groups is 1. The molecule has 5 nitrogen and oxygen atoms in total. The predicted molar refractivity (Wildman–Crippen MR) is 126 cm³/mol. The van der Waals surface area contributed by atoms with Crippen LogP contribution in [-0.2, 0) is 6.61 Å². The Balaban J connectivity index is 1.37. The molecule has 2 aromatic heterocycles. The highest BCUT2D eigenvalue weighted by Gasteiger charge is 2.23. The highest BCUT2D eigenvalue weighted by Crippen LogP contribution is 2.43. The summed E-state index contributed by atoms with van der Waals surface area (Å²) >= 11 is 13.8. The minimum absolute atomic E-state index is 0.306. The molecule has 5 rings (SSSR count). The maximum atomic E-state index is 12.6. The van der Waals surface area contributed by atoms with E-state index in [-0.39, 0.29) is 5.91 Å². The average molecular weight is 468 g/mol. The normalized spacial score (nSPS) is 12.5. The summed E-state index contributed by atoms with van der Waals surface area (Å²) in [6, 6.07) is 15.1. The molecule has 0 atom stereocenters. The van der Waals surface area contributed by atoms with Crippen molar-refractivity contribution in [1.29, 1.82) is 0 Å². The van der Waals surface area contributed by atoms with Crippen LogP contribution in [0.5, 0.6) is 5.75 Å². The van der Waals surface area contributed by atoms with Crippen molar-refractivity contribution in [2.45, 2.75) is 13.5 Å². The fourth-order valence-electron chi connectivity index (χ4n) is 3.43. The van der Waals surface area contributed by atoms with E-state index in [0.717, 1.165) is 38.2 Å². The van der Waals surface area contributed by atoms with Gasteiger partial charge in [-0.15, -0.1) is 11.3 Å². The van der Waals surface area contributed by atoms with Crippen LogP contribution >= 0.6 is 34.5 Å². The molecule has 0 saturated heterocycles. The van der Waals surface area contributed by atoms with Gasteiger partial charge in [0.1, 0.15) is 17.5 Å². The topological polar surface area (TPSA) is 63.6 Å². The molecule has 0 saturated carbocycles. The number of hydrogen-bond acceptors (Lipinski definition) is 5. The van der Waals surface area contributed by atoms with Crippen LogP contribution in [0.1, 0.15) is 26.4 Å². The Kier molecular flexibility index (Phi) is 5.14. The monoisotopic (exact) mass is 467 g/mol. The molecule has 2 aromatic carbocycles. The Morgan fingerprint density at radius 3 is 2.94 bits per heavy atom. The van der Waals surface area contributed by atoms with Crippen LogP contribution in [0.25, 0.3) is 21.3 Å². The van der Waals surface area contributed by atoms with Gasteiger partial charge in [-0.25, -0.2) is 10.4 Å². The van der Waals surface area contributed by atoms with Crippen molar-refractivity contribution in [3.8, 4) is 16.2 Å². The minimum atomic E-state index is -0.306. The Hall–Kier alpha value is -2.93. The molecule has 0 spiro atoms. The standard InChI is InChI=1S/C23H15Cl2N3O2S/c1-12-2-4-18-13(6-12)7-14(22(25)27-18)10-26-28-23(29)20-8-15-11-30-19-5-3-16(24)9-17(19)21(15)31-20/h2-10H,11H2,1H3,(H,28,29)/b26-10+. The predicted octanol–water partition coefficient (Wildman–Crippen LogP) is 6.23. The quantitative estimate of drug-likeness (QED) is 0.220. The Labute approximate surface area is 192 Å². The number of benzene rings is 2. The first-order chi connectivity index (χ1) is 15.0. The third kappa shape index (κ3) is 3.90. The molecule has 0 fully saturated rings. The molecule has 8 heteroatoms. The molecule has 1 N–H and O–H groups in total. The van der Waals surface area contributed by atoms with Crippen molar-refractivity contribution in [3.05, 3.63) is 80.3 Å². The summed E-state index contributed by atoms with van der Waals surface area (Å²) in [5, 5.41) is 5.98. The van der Waals surface area contributed by atoms with Crippen molar-refractivity contribution in [2.24, 2.45) is 5.10 Å². The summed E-state index contributed by atoms with van der Waals surface area (Å²) in [5.74, 6) is 0.456. The molecular weight excluding hydrogens is 453 g/mol. The number of carbonyl (C=O) groups excluding carboxylic acids is 1. The van der Waals surface area contributed by atoms with Gasteiger partial charge in [-0.3, -0.25) is 4.79 Å². The van der Waals surface area contributed by atoms with Crippen LogP contribution in [0.2, 0.25) is 10.2 Å². The number of pyridine rings is 1. The van der Waals surface area contributed by atoms with E-state index in [1.165, 1.54) is 17.6 Å². The van der Waals surface area contributed by atoms with Gasteiger partial charge in [0.15, 0.2) is 0 Å². The van der Waals surface area contributed by atoms with E-state index in [2.05, 4.69) is 15.5 Å². The van der Waals surface area contributed by atoms with Gasteiger partial charge in [0.05, 0.1) is 16.6 Å². The van der Waals surface area contributed by atoms with Crippen LogP contribution < -0.4 is 10.2 Å². The molecule has 0 radical (unpaired) electrons. The molecule has 154 valence electrons. The van der Waals surface area contributed by atoms with Crippen LogP contribution in [0.3, 0.4) is 0 Å². The summed E-state index contributed by atoms with van der Waals surface area (Å²) in [6.07, 6.45) is 1.50. The molecule has 0 bridgehead atoms. The van der Waals surface area contributed by atoms with Gasteiger partial charge in [0, 0.05) is 32.0 Å². The van der Waals surface area contributed by atoms with Crippen LogP contribution in [0.15, 0.2) is 53.6 Å². The molecule has 3 heterocycles. The molecule has 31 heavy (non-hydrogen) atoms. The lowest BCUT2D eigenvalue weighted by Crippen LogP contribution is -2.16. The maximum absolute atomic E-state index is 12.6. The number of fused-ring (bicyclic) bond motifs is 4. The van der Waals surface area contributed by atoms with Crippen LogP contribution in [0.4, 0.5) is 0 Å². The number of nitrogens with one attached hydrogen (secondary N) is 1. The van der Waals surface area contributed by atoms with E-state index >= 15 is 0 Å². The van der Waals surface area contributed by atoms with E-state index in [9.17, 15) is 4.79 Å². The number of thiophene rings is 1. The Morgan fingerprint density at radius 1 is 1.19 bits per heavy atom.